The van der Waals surface area contributed by atoms with Gasteiger partial charge in [-0.25, -0.2) is 0 Å². The summed E-state index contributed by atoms with van der Waals surface area (Å²) in [5.74, 6) is 0.368. The van der Waals surface area contributed by atoms with Gasteiger partial charge in [0.15, 0.2) is 5.78 Å². The van der Waals surface area contributed by atoms with E-state index < -0.39 is 0 Å². The lowest BCUT2D eigenvalue weighted by atomic mass is 10.1. The van der Waals surface area contributed by atoms with Gasteiger partial charge in [-0.05, 0) is 32.0 Å². The highest BCUT2D eigenvalue weighted by atomic mass is 35.5. The zero-order chi connectivity index (χ0) is 12.1. The summed E-state index contributed by atoms with van der Waals surface area (Å²) >= 11 is 5.81. The molecule has 1 aromatic carbocycles. The number of rotatable bonds is 5. The number of Topliss-reactive ketones (excluding diaryl/α,β-unsaturated/α-hetero) is 1. The van der Waals surface area contributed by atoms with Crippen LogP contribution in [0.15, 0.2) is 18.2 Å². The monoisotopic (exact) mass is 242 g/mol. The number of hydrogen-bond donors (Lipinski definition) is 0. The average molecular weight is 243 g/mol. The summed E-state index contributed by atoms with van der Waals surface area (Å²) in [6, 6.07) is 4.92. The van der Waals surface area contributed by atoms with Gasteiger partial charge in [-0.2, -0.15) is 0 Å². The highest BCUT2D eigenvalue weighted by Gasteiger charge is 2.13. The van der Waals surface area contributed by atoms with Gasteiger partial charge >= 0.3 is 0 Å². The molecule has 0 amide bonds. The van der Waals surface area contributed by atoms with E-state index in [2.05, 4.69) is 0 Å². The molecule has 0 fully saturated rings. The normalized spacial score (nSPS) is 10.6. The molecular formula is C12H15ClO3. The fourth-order valence-electron chi connectivity index (χ4n) is 1.22. The van der Waals surface area contributed by atoms with Crippen molar-refractivity contribution in [3.05, 3.63) is 28.8 Å². The van der Waals surface area contributed by atoms with Gasteiger partial charge in [0.25, 0.3) is 0 Å². The number of benzene rings is 1. The molecule has 0 radical (unpaired) electrons. The Kier molecular flexibility index (Phi) is 4.77. The summed E-state index contributed by atoms with van der Waals surface area (Å²) in [6.45, 7) is 3.81. The highest BCUT2D eigenvalue weighted by molar-refractivity contribution is 6.30. The van der Waals surface area contributed by atoms with Crippen LogP contribution >= 0.6 is 11.6 Å². The maximum atomic E-state index is 11.8. The fraction of sp³-hybridized carbons (Fsp3) is 0.417. The molecule has 4 heteroatoms. The van der Waals surface area contributed by atoms with E-state index in [4.69, 9.17) is 21.1 Å². The molecule has 0 heterocycles. The lowest BCUT2D eigenvalue weighted by molar-refractivity contribution is 0.0582. The van der Waals surface area contributed by atoms with Crippen molar-refractivity contribution in [2.75, 3.05) is 13.7 Å². The Hall–Kier alpha value is -1.06. The maximum absolute atomic E-state index is 11.8. The van der Waals surface area contributed by atoms with E-state index in [1.807, 2.05) is 13.8 Å². The number of ketones is 1. The van der Waals surface area contributed by atoms with Gasteiger partial charge in [0, 0.05) is 5.02 Å². The molecule has 0 aliphatic carbocycles. The van der Waals surface area contributed by atoms with Crippen molar-refractivity contribution in [2.24, 2.45) is 0 Å². The second kappa shape index (κ2) is 5.87. The molecule has 0 atom stereocenters. The molecule has 0 bridgehead atoms. The summed E-state index contributed by atoms with van der Waals surface area (Å²) in [5, 5.41) is 0.540. The summed E-state index contributed by atoms with van der Waals surface area (Å²) in [7, 11) is 1.51. The fourth-order valence-corrected chi connectivity index (χ4v) is 1.38. The number of carbonyl (C=O) groups is 1. The Balaban J connectivity index is 2.82. The minimum atomic E-state index is -0.109. The quantitative estimate of drug-likeness (QED) is 0.745. The zero-order valence-corrected chi connectivity index (χ0v) is 10.4. The number of methoxy groups -OCH3 is 1. The third-order valence-electron chi connectivity index (χ3n) is 2.01. The number of hydrogen-bond acceptors (Lipinski definition) is 3. The molecule has 0 saturated carbocycles. The van der Waals surface area contributed by atoms with Crippen molar-refractivity contribution in [3.63, 3.8) is 0 Å². The molecule has 0 aliphatic rings. The van der Waals surface area contributed by atoms with E-state index in [0.29, 0.717) is 16.3 Å². The van der Waals surface area contributed by atoms with Gasteiger partial charge in [0.1, 0.15) is 12.4 Å². The summed E-state index contributed by atoms with van der Waals surface area (Å²) in [5.41, 5.74) is 0.493. The largest absolute Gasteiger partial charge is 0.496 e. The van der Waals surface area contributed by atoms with E-state index in [-0.39, 0.29) is 18.5 Å². The van der Waals surface area contributed by atoms with Gasteiger partial charge < -0.3 is 9.47 Å². The Morgan fingerprint density at radius 1 is 1.44 bits per heavy atom. The van der Waals surface area contributed by atoms with E-state index in [1.165, 1.54) is 7.11 Å². The molecule has 0 unspecified atom stereocenters. The lowest BCUT2D eigenvalue weighted by Crippen LogP contribution is -2.14. The minimum absolute atomic E-state index is 0.0299. The molecule has 0 aromatic heterocycles. The molecule has 88 valence electrons. The molecule has 0 spiro atoms. The molecule has 1 aromatic rings. The van der Waals surface area contributed by atoms with E-state index >= 15 is 0 Å². The van der Waals surface area contributed by atoms with E-state index in [1.54, 1.807) is 18.2 Å². The smallest absolute Gasteiger partial charge is 0.192 e. The van der Waals surface area contributed by atoms with Crippen LogP contribution in [0.1, 0.15) is 24.2 Å². The van der Waals surface area contributed by atoms with Crippen molar-refractivity contribution in [2.45, 2.75) is 20.0 Å². The first-order valence-electron chi connectivity index (χ1n) is 5.03. The Morgan fingerprint density at radius 3 is 2.69 bits per heavy atom. The van der Waals surface area contributed by atoms with Crippen molar-refractivity contribution >= 4 is 17.4 Å². The van der Waals surface area contributed by atoms with Crippen LogP contribution in [-0.4, -0.2) is 25.6 Å². The number of ether oxygens (including phenoxy) is 2. The summed E-state index contributed by atoms with van der Waals surface area (Å²) < 4.78 is 10.3. The predicted molar refractivity (Wildman–Crippen MR) is 63.4 cm³/mol. The Labute approximate surface area is 100 Å². The lowest BCUT2D eigenvalue weighted by Gasteiger charge is -2.10. The standard InChI is InChI=1S/C12H15ClO3/c1-8(2)16-7-11(14)10-5-4-9(13)6-12(10)15-3/h4-6,8H,7H2,1-3H3. The van der Waals surface area contributed by atoms with Gasteiger partial charge in [-0.15, -0.1) is 0 Å². The van der Waals surface area contributed by atoms with Crippen LogP contribution < -0.4 is 4.74 Å². The molecule has 3 nitrogen and oxygen atoms in total. The van der Waals surface area contributed by atoms with Gasteiger partial charge in [0.2, 0.25) is 0 Å². The third-order valence-corrected chi connectivity index (χ3v) is 2.25. The molecule has 1 rings (SSSR count). The molecule has 16 heavy (non-hydrogen) atoms. The molecular weight excluding hydrogens is 228 g/mol. The first kappa shape index (κ1) is 13.0. The van der Waals surface area contributed by atoms with Gasteiger partial charge in [-0.3, -0.25) is 4.79 Å². The highest BCUT2D eigenvalue weighted by Crippen LogP contribution is 2.23. The van der Waals surface area contributed by atoms with Crippen molar-refractivity contribution < 1.29 is 14.3 Å². The second-order valence-electron chi connectivity index (χ2n) is 3.63. The SMILES string of the molecule is COc1cc(Cl)ccc1C(=O)COC(C)C. The van der Waals surface area contributed by atoms with Crippen LogP contribution in [-0.2, 0) is 4.74 Å². The Morgan fingerprint density at radius 2 is 2.12 bits per heavy atom. The topological polar surface area (TPSA) is 35.5 Å². The summed E-state index contributed by atoms with van der Waals surface area (Å²) in [6.07, 6.45) is 0.0299. The van der Waals surface area contributed by atoms with Crippen LogP contribution in [0, 0.1) is 0 Å². The van der Waals surface area contributed by atoms with Crippen LogP contribution in [0.5, 0.6) is 5.75 Å². The molecule has 0 aliphatic heterocycles. The first-order chi connectivity index (χ1) is 7.54. The van der Waals surface area contributed by atoms with Crippen LogP contribution in [0.3, 0.4) is 0 Å². The summed E-state index contributed by atoms with van der Waals surface area (Å²) in [4.78, 5) is 11.8. The molecule has 0 saturated heterocycles. The zero-order valence-electron chi connectivity index (χ0n) is 9.62. The Bertz CT molecular complexity index is 375. The maximum Gasteiger partial charge on any atom is 0.192 e. The first-order valence-corrected chi connectivity index (χ1v) is 5.40. The number of halogens is 1. The number of carbonyl (C=O) groups excluding carboxylic acids is 1. The van der Waals surface area contributed by atoms with Crippen LogP contribution in [0.2, 0.25) is 5.02 Å². The van der Waals surface area contributed by atoms with Crippen LogP contribution in [0.4, 0.5) is 0 Å². The van der Waals surface area contributed by atoms with E-state index in [0.717, 1.165) is 0 Å². The van der Waals surface area contributed by atoms with Crippen LogP contribution in [0.25, 0.3) is 0 Å². The predicted octanol–water partition coefficient (Wildman–Crippen LogP) is 2.96. The van der Waals surface area contributed by atoms with Crippen molar-refractivity contribution in [1.82, 2.24) is 0 Å². The van der Waals surface area contributed by atoms with Crippen molar-refractivity contribution in [1.29, 1.82) is 0 Å². The average Bonchev–Trinajstić information content (AvgIpc) is 2.25. The van der Waals surface area contributed by atoms with Gasteiger partial charge in [-0.1, -0.05) is 11.6 Å². The third kappa shape index (κ3) is 3.51. The van der Waals surface area contributed by atoms with E-state index in [9.17, 15) is 4.79 Å². The molecule has 0 N–H and O–H groups in total. The van der Waals surface area contributed by atoms with Crippen molar-refractivity contribution in [3.8, 4) is 5.75 Å². The minimum Gasteiger partial charge on any atom is -0.496 e. The second-order valence-corrected chi connectivity index (χ2v) is 4.06. The van der Waals surface area contributed by atoms with Gasteiger partial charge in [0.05, 0.1) is 18.8 Å².